The molecule has 3 nitrogen and oxygen atoms in total. The monoisotopic (exact) mass is 216 g/mol. The van der Waals surface area contributed by atoms with E-state index in [9.17, 15) is 5.26 Å². The lowest BCUT2D eigenvalue weighted by Crippen LogP contribution is -2.50. The number of nitrogens with zero attached hydrogens (tertiary/aromatic N) is 1. The Labute approximate surface area is 96.0 Å². The van der Waals surface area contributed by atoms with Gasteiger partial charge in [0.1, 0.15) is 5.41 Å². The minimum atomic E-state index is -0.402. The quantitative estimate of drug-likeness (QED) is 0.838. The largest absolute Gasteiger partial charge is 0.378 e. The minimum absolute atomic E-state index is 0.0486. The van der Waals surface area contributed by atoms with Gasteiger partial charge in [0.25, 0.3) is 0 Å². The summed E-state index contributed by atoms with van der Waals surface area (Å²) in [5, 5.41) is 12.6. The van der Waals surface area contributed by atoms with Gasteiger partial charge in [-0.25, -0.2) is 0 Å². The van der Waals surface area contributed by atoms with Gasteiger partial charge >= 0.3 is 0 Å². The van der Waals surface area contributed by atoms with E-state index in [-0.39, 0.29) is 6.04 Å². The first-order chi connectivity index (χ1) is 7.73. The van der Waals surface area contributed by atoms with Gasteiger partial charge in [0.05, 0.1) is 25.3 Å². The first-order valence-electron chi connectivity index (χ1n) is 5.45. The second-order valence-corrected chi connectivity index (χ2v) is 4.34. The number of aryl methyl sites for hydroxylation is 1. The van der Waals surface area contributed by atoms with Crippen molar-refractivity contribution in [3.05, 3.63) is 35.4 Å². The van der Waals surface area contributed by atoms with E-state index in [0.29, 0.717) is 13.2 Å². The van der Waals surface area contributed by atoms with Crippen LogP contribution in [0.15, 0.2) is 24.3 Å². The predicted molar refractivity (Wildman–Crippen MR) is 61.8 cm³/mol. The molecule has 1 aliphatic rings. The Hall–Kier alpha value is -1.37. The van der Waals surface area contributed by atoms with Gasteiger partial charge in [0, 0.05) is 0 Å². The van der Waals surface area contributed by atoms with Crippen molar-refractivity contribution in [3.8, 4) is 6.07 Å². The summed E-state index contributed by atoms with van der Waals surface area (Å²) in [4.78, 5) is 0. The van der Waals surface area contributed by atoms with Gasteiger partial charge < -0.3 is 10.1 Å². The Morgan fingerprint density at radius 3 is 2.56 bits per heavy atom. The SMILES string of the molecule is CNC(c1ccccc1C)C1(C#N)COC1. The van der Waals surface area contributed by atoms with Gasteiger partial charge in [0.15, 0.2) is 0 Å². The average Bonchev–Trinajstić information content (AvgIpc) is 2.25. The third-order valence-corrected chi connectivity index (χ3v) is 3.28. The molecule has 1 aliphatic heterocycles. The third-order valence-electron chi connectivity index (χ3n) is 3.28. The van der Waals surface area contributed by atoms with Gasteiger partial charge in [-0.3, -0.25) is 0 Å². The zero-order valence-electron chi connectivity index (χ0n) is 9.66. The maximum atomic E-state index is 9.32. The Morgan fingerprint density at radius 1 is 1.44 bits per heavy atom. The van der Waals surface area contributed by atoms with E-state index in [0.717, 1.165) is 0 Å². The van der Waals surface area contributed by atoms with Crippen molar-refractivity contribution < 1.29 is 4.74 Å². The molecule has 0 aromatic heterocycles. The number of benzene rings is 1. The highest BCUT2D eigenvalue weighted by atomic mass is 16.5. The molecule has 1 saturated heterocycles. The third kappa shape index (κ3) is 1.60. The summed E-state index contributed by atoms with van der Waals surface area (Å²) in [5.74, 6) is 0. The Kier molecular flexibility index (Phi) is 2.95. The number of nitrogens with one attached hydrogen (secondary N) is 1. The number of hydrogen-bond acceptors (Lipinski definition) is 3. The zero-order chi connectivity index (χ0) is 11.6. The molecular formula is C13H16N2O. The molecule has 1 aromatic rings. The lowest BCUT2D eigenvalue weighted by atomic mass is 9.75. The molecule has 84 valence electrons. The predicted octanol–water partition coefficient (Wildman–Crippen LogP) is 1.80. The number of hydrogen-bond donors (Lipinski definition) is 1. The van der Waals surface area contributed by atoms with Crippen LogP contribution in [0, 0.1) is 23.7 Å². The summed E-state index contributed by atoms with van der Waals surface area (Å²) in [6, 6.07) is 10.6. The van der Waals surface area contributed by atoms with E-state index < -0.39 is 5.41 Å². The van der Waals surface area contributed by atoms with Crippen LogP contribution in [0.3, 0.4) is 0 Å². The van der Waals surface area contributed by atoms with Crippen molar-refractivity contribution in [2.45, 2.75) is 13.0 Å². The molecule has 1 aromatic carbocycles. The van der Waals surface area contributed by atoms with Crippen LogP contribution in [-0.2, 0) is 4.74 Å². The van der Waals surface area contributed by atoms with Crippen LogP contribution in [0.5, 0.6) is 0 Å². The summed E-state index contributed by atoms with van der Waals surface area (Å²) >= 11 is 0. The highest BCUT2D eigenvalue weighted by Crippen LogP contribution is 2.40. The maximum Gasteiger partial charge on any atom is 0.123 e. The van der Waals surface area contributed by atoms with Crippen LogP contribution in [0.25, 0.3) is 0 Å². The molecule has 1 unspecified atom stereocenters. The number of rotatable bonds is 3. The number of ether oxygens (including phenoxy) is 1. The molecule has 0 amide bonds. The Bertz CT molecular complexity index is 418. The minimum Gasteiger partial charge on any atom is -0.378 e. The first kappa shape index (κ1) is 11.1. The summed E-state index contributed by atoms with van der Waals surface area (Å²) in [6.45, 7) is 3.11. The molecule has 1 fully saturated rings. The summed E-state index contributed by atoms with van der Waals surface area (Å²) in [7, 11) is 1.90. The van der Waals surface area contributed by atoms with Crippen LogP contribution in [0.4, 0.5) is 0 Å². The molecule has 1 N–H and O–H groups in total. The molecule has 1 atom stereocenters. The first-order valence-corrected chi connectivity index (χ1v) is 5.45. The van der Waals surface area contributed by atoms with Crippen LogP contribution < -0.4 is 5.32 Å². The Balaban J connectivity index is 2.37. The van der Waals surface area contributed by atoms with Crippen molar-refractivity contribution in [3.63, 3.8) is 0 Å². The van der Waals surface area contributed by atoms with Crippen molar-refractivity contribution in [2.24, 2.45) is 5.41 Å². The molecule has 0 radical (unpaired) electrons. The molecule has 0 saturated carbocycles. The molecular weight excluding hydrogens is 200 g/mol. The average molecular weight is 216 g/mol. The second-order valence-electron chi connectivity index (χ2n) is 4.34. The summed E-state index contributed by atoms with van der Waals surface area (Å²) < 4.78 is 5.21. The van der Waals surface area contributed by atoms with Crippen molar-refractivity contribution in [1.29, 1.82) is 5.26 Å². The topological polar surface area (TPSA) is 45.0 Å². The van der Waals surface area contributed by atoms with Gasteiger partial charge in [0.2, 0.25) is 0 Å². The van der Waals surface area contributed by atoms with Crippen LogP contribution in [0.2, 0.25) is 0 Å². The molecule has 3 heteroatoms. The van der Waals surface area contributed by atoms with E-state index in [4.69, 9.17) is 4.74 Å². The van der Waals surface area contributed by atoms with Crippen LogP contribution in [-0.4, -0.2) is 20.3 Å². The standard InChI is InChI=1S/C13H16N2O/c1-10-5-3-4-6-11(10)12(15-2)13(7-14)8-16-9-13/h3-6,12,15H,8-9H2,1-2H3. The fourth-order valence-corrected chi connectivity index (χ4v) is 2.26. The molecule has 0 bridgehead atoms. The van der Waals surface area contributed by atoms with E-state index in [1.165, 1.54) is 11.1 Å². The maximum absolute atomic E-state index is 9.32. The molecule has 1 heterocycles. The lowest BCUT2D eigenvalue weighted by Gasteiger charge is -2.42. The van der Waals surface area contributed by atoms with Gasteiger partial charge in [-0.2, -0.15) is 5.26 Å². The number of nitriles is 1. The lowest BCUT2D eigenvalue weighted by molar-refractivity contribution is -0.0964. The molecule has 2 rings (SSSR count). The van der Waals surface area contributed by atoms with Crippen LogP contribution >= 0.6 is 0 Å². The highest BCUT2D eigenvalue weighted by Gasteiger charge is 2.46. The van der Waals surface area contributed by atoms with E-state index >= 15 is 0 Å². The summed E-state index contributed by atoms with van der Waals surface area (Å²) in [5.41, 5.74) is 2.00. The highest BCUT2D eigenvalue weighted by molar-refractivity contribution is 5.33. The van der Waals surface area contributed by atoms with Gasteiger partial charge in [-0.15, -0.1) is 0 Å². The van der Waals surface area contributed by atoms with Crippen molar-refractivity contribution in [1.82, 2.24) is 5.32 Å². The van der Waals surface area contributed by atoms with E-state index in [1.54, 1.807) is 0 Å². The fraction of sp³-hybridized carbons (Fsp3) is 0.462. The smallest absolute Gasteiger partial charge is 0.123 e. The van der Waals surface area contributed by atoms with E-state index in [2.05, 4.69) is 30.4 Å². The van der Waals surface area contributed by atoms with Crippen molar-refractivity contribution in [2.75, 3.05) is 20.3 Å². The normalized spacial score (nSPS) is 19.6. The second kappa shape index (κ2) is 4.25. The van der Waals surface area contributed by atoms with Crippen molar-refractivity contribution >= 4 is 0 Å². The molecule has 0 aliphatic carbocycles. The molecule has 16 heavy (non-hydrogen) atoms. The van der Waals surface area contributed by atoms with Crippen LogP contribution in [0.1, 0.15) is 17.2 Å². The van der Waals surface area contributed by atoms with Gasteiger partial charge in [-0.05, 0) is 25.1 Å². The fourth-order valence-electron chi connectivity index (χ4n) is 2.26. The summed E-state index contributed by atoms with van der Waals surface area (Å²) in [6.07, 6.45) is 0. The molecule has 0 spiro atoms. The Morgan fingerprint density at radius 2 is 2.12 bits per heavy atom. The zero-order valence-corrected chi connectivity index (χ0v) is 9.66. The van der Waals surface area contributed by atoms with E-state index in [1.807, 2.05) is 19.2 Å². The van der Waals surface area contributed by atoms with Gasteiger partial charge in [-0.1, -0.05) is 24.3 Å².